The van der Waals surface area contributed by atoms with Crippen LogP contribution in [-0.2, 0) is 0 Å². The zero-order valence-electron chi connectivity index (χ0n) is 16.7. The monoisotopic (exact) mass is 397 g/mol. The van der Waals surface area contributed by atoms with E-state index >= 15 is 0 Å². The van der Waals surface area contributed by atoms with E-state index in [1.54, 1.807) is 31.6 Å². The topological polar surface area (TPSA) is 72.9 Å². The molecule has 1 atom stereocenters. The molecule has 4 rings (SSSR count). The van der Waals surface area contributed by atoms with Crippen LogP contribution in [0, 0.1) is 5.92 Å². The summed E-state index contributed by atoms with van der Waals surface area (Å²) in [4.78, 5) is 18.6. The van der Waals surface area contributed by atoms with Crippen LogP contribution in [0.5, 0.6) is 17.2 Å². The minimum Gasteiger partial charge on any atom is -0.493 e. The van der Waals surface area contributed by atoms with Crippen molar-refractivity contribution < 1.29 is 19.0 Å². The number of carbonyl (C=O) groups excluding carboxylic acids is 1. The number of rotatable bonds is 6. The maximum Gasteiger partial charge on any atom is 0.252 e. The molecule has 7 nitrogen and oxygen atoms in total. The Balaban J connectivity index is 1.22. The first kappa shape index (κ1) is 19.5. The van der Waals surface area contributed by atoms with Crippen molar-refractivity contribution in [2.75, 3.05) is 39.9 Å². The smallest absolute Gasteiger partial charge is 0.252 e. The highest BCUT2D eigenvalue weighted by atomic mass is 16.6. The molecule has 2 aliphatic rings. The summed E-state index contributed by atoms with van der Waals surface area (Å²) < 4.78 is 17.4. The van der Waals surface area contributed by atoms with Crippen LogP contribution in [-0.4, -0.2) is 61.8 Å². The van der Waals surface area contributed by atoms with Crippen LogP contribution in [0.3, 0.4) is 0 Å². The third kappa shape index (κ3) is 4.79. The Morgan fingerprint density at radius 1 is 1.28 bits per heavy atom. The molecule has 154 valence electrons. The number of nitrogens with zero attached hydrogens (tertiary/aromatic N) is 2. The number of methoxy groups -OCH3 is 1. The zero-order valence-corrected chi connectivity index (χ0v) is 16.7. The van der Waals surface area contributed by atoms with E-state index in [1.807, 2.05) is 18.2 Å². The maximum atomic E-state index is 12.2. The predicted molar refractivity (Wildman–Crippen MR) is 109 cm³/mol. The lowest BCUT2D eigenvalue weighted by Crippen LogP contribution is -2.45. The highest BCUT2D eigenvalue weighted by Crippen LogP contribution is 2.40. The molecule has 1 aromatic carbocycles. The number of ether oxygens (including phenoxy) is 3. The molecule has 2 aromatic rings. The van der Waals surface area contributed by atoms with Gasteiger partial charge in [0.25, 0.3) is 5.91 Å². The van der Waals surface area contributed by atoms with Crippen molar-refractivity contribution in [3.63, 3.8) is 0 Å². The molecule has 1 N–H and O–H groups in total. The number of likely N-dealkylation sites (tertiary alicyclic amines) is 1. The van der Waals surface area contributed by atoms with Gasteiger partial charge in [0.05, 0.1) is 12.7 Å². The van der Waals surface area contributed by atoms with E-state index in [4.69, 9.17) is 14.2 Å². The standard InChI is InChI=1S/C22H27N3O4/c1-27-19-5-2-6-20-21(19)29-18(15-28-20)14-25-10-7-16(8-11-25)12-24-22(26)17-4-3-9-23-13-17/h2-6,9,13,16,18H,7-8,10-12,14-15H2,1H3,(H,24,26). The van der Waals surface area contributed by atoms with Gasteiger partial charge in [-0.25, -0.2) is 0 Å². The van der Waals surface area contributed by atoms with Crippen LogP contribution >= 0.6 is 0 Å². The van der Waals surface area contributed by atoms with E-state index in [-0.39, 0.29) is 12.0 Å². The average Bonchev–Trinajstić information content (AvgIpc) is 2.78. The van der Waals surface area contributed by atoms with Crippen molar-refractivity contribution in [2.45, 2.75) is 18.9 Å². The second-order valence-corrected chi connectivity index (χ2v) is 7.53. The molecule has 2 aliphatic heterocycles. The van der Waals surface area contributed by atoms with Crippen molar-refractivity contribution in [3.8, 4) is 17.2 Å². The molecule has 1 saturated heterocycles. The van der Waals surface area contributed by atoms with Gasteiger partial charge in [-0.05, 0) is 56.1 Å². The van der Waals surface area contributed by atoms with Crippen LogP contribution in [0.25, 0.3) is 0 Å². The Labute approximate surface area is 171 Å². The summed E-state index contributed by atoms with van der Waals surface area (Å²) in [6.45, 7) is 4.06. The second-order valence-electron chi connectivity index (χ2n) is 7.53. The summed E-state index contributed by atoms with van der Waals surface area (Å²) in [6.07, 6.45) is 5.36. The van der Waals surface area contributed by atoms with Crippen molar-refractivity contribution in [1.82, 2.24) is 15.2 Å². The minimum atomic E-state index is -0.0547. The predicted octanol–water partition coefficient (Wildman–Crippen LogP) is 2.37. The Kier molecular flexibility index (Phi) is 6.14. The Morgan fingerprint density at radius 2 is 2.14 bits per heavy atom. The number of nitrogens with one attached hydrogen (secondary N) is 1. The molecule has 0 aliphatic carbocycles. The van der Waals surface area contributed by atoms with Crippen molar-refractivity contribution in [2.24, 2.45) is 5.92 Å². The summed E-state index contributed by atoms with van der Waals surface area (Å²) in [5.41, 5.74) is 0.607. The molecule has 0 radical (unpaired) electrons. The first-order chi connectivity index (χ1) is 14.2. The lowest BCUT2D eigenvalue weighted by molar-refractivity contribution is 0.0453. The third-order valence-electron chi connectivity index (χ3n) is 5.52. The van der Waals surface area contributed by atoms with Crippen LogP contribution in [0.4, 0.5) is 0 Å². The quantitative estimate of drug-likeness (QED) is 0.807. The first-order valence-electron chi connectivity index (χ1n) is 10.1. The summed E-state index contributed by atoms with van der Waals surface area (Å²) in [6, 6.07) is 9.25. The molecule has 1 unspecified atom stereocenters. The van der Waals surface area contributed by atoms with Gasteiger partial charge in [-0.15, -0.1) is 0 Å². The van der Waals surface area contributed by atoms with Crippen LogP contribution in [0.2, 0.25) is 0 Å². The van der Waals surface area contributed by atoms with Gasteiger partial charge in [0, 0.05) is 25.5 Å². The highest BCUT2D eigenvalue weighted by Gasteiger charge is 2.28. The number of fused-ring (bicyclic) bond motifs is 1. The van der Waals surface area contributed by atoms with Gasteiger partial charge in [-0.3, -0.25) is 14.7 Å². The van der Waals surface area contributed by atoms with Gasteiger partial charge in [-0.2, -0.15) is 0 Å². The number of piperidine rings is 1. The average molecular weight is 397 g/mol. The largest absolute Gasteiger partial charge is 0.493 e. The Bertz CT molecular complexity index is 808. The van der Waals surface area contributed by atoms with Gasteiger partial charge in [0.1, 0.15) is 12.7 Å². The number of benzene rings is 1. The van der Waals surface area contributed by atoms with Crippen LogP contribution in [0.15, 0.2) is 42.7 Å². The molecule has 0 saturated carbocycles. The molecule has 1 fully saturated rings. The van der Waals surface area contributed by atoms with Gasteiger partial charge >= 0.3 is 0 Å². The molecular formula is C22H27N3O4. The number of para-hydroxylation sites is 1. The summed E-state index contributed by atoms with van der Waals surface area (Å²) in [5.74, 6) is 2.58. The van der Waals surface area contributed by atoms with E-state index in [2.05, 4.69) is 15.2 Å². The van der Waals surface area contributed by atoms with E-state index < -0.39 is 0 Å². The maximum absolute atomic E-state index is 12.2. The number of aromatic nitrogens is 1. The number of amides is 1. The van der Waals surface area contributed by atoms with Crippen molar-refractivity contribution in [1.29, 1.82) is 0 Å². The number of hydrogen-bond donors (Lipinski definition) is 1. The first-order valence-corrected chi connectivity index (χ1v) is 10.1. The van der Waals surface area contributed by atoms with Gasteiger partial charge in [0.15, 0.2) is 11.5 Å². The molecule has 7 heteroatoms. The van der Waals surface area contributed by atoms with Gasteiger partial charge < -0.3 is 19.5 Å². The van der Waals surface area contributed by atoms with Crippen LogP contribution in [0.1, 0.15) is 23.2 Å². The second kappa shape index (κ2) is 9.13. The van der Waals surface area contributed by atoms with E-state index in [9.17, 15) is 4.79 Å². The molecule has 1 aromatic heterocycles. The van der Waals surface area contributed by atoms with Crippen molar-refractivity contribution >= 4 is 5.91 Å². The fraction of sp³-hybridized carbons (Fsp3) is 0.455. The Hall–Kier alpha value is -2.80. The fourth-order valence-corrected chi connectivity index (χ4v) is 3.86. The highest BCUT2D eigenvalue weighted by molar-refractivity contribution is 5.93. The minimum absolute atomic E-state index is 0.0133. The van der Waals surface area contributed by atoms with Gasteiger partial charge in [0.2, 0.25) is 5.75 Å². The SMILES string of the molecule is COc1cccc2c1OC(CN1CCC(CNC(=O)c3cccnc3)CC1)CO2. The summed E-state index contributed by atoms with van der Waals surface area (Å²) in [5, 5.41) is 3.03. The zero-order chi connectivity index (χ0) is 20.1. The van der Waals surface area contributed by atoms with Crippen LogP contribution < -0.4 is 19.5 Å². The van der Waals surface area contributed by atoms with E-state index in [0.717, 1.165) is 38.2 Å². The number of pyridine rings is 1. The lowest BCUT2D eigenvalue weighted by atomic mass is 9.96. The lowest BCUT2D eigenvalue weighted by Gasteiger charge is -2.36. The molecule has 3 heterocycles. The molecular weight excluding hydrogens is 370 g/mol. The number of hydrogen-bond acceptors (Lipinski definition) is 6. The van der Waals surface area contributed by atoms with E-state index in [0.29, 0.717) is 36.1 Å². The van der Waals surface area contributed by atoms with E-state index in [1.165, 1.54) is 0 Å². The molecule has 0 spiro atoms. The van der Waals surface area contributed by atoms with Crippen molar-refractivity contribution in [3.05, 3.63) is 48.3 Å². The summed E-state index contributed by atoms with van der Waals surface area (Å²) >= 11 is 0. The summed E-state index contributed by atoms with van der Waals surface area (Å²) in [7, 11) is 1.64. The fourth-order valence-electron chi connectivity index (χ4n) is 3.86. The normalized spacial score (nSPS) is 19.6. The Morgan fingerprint density at radius 3 is 2.90 bits per heavy atom. The molecule has 1 amide bonds. The third-order valence-corrected chi connectivity index (χ3v) is 5.52. The number of carbonyl (C=O) groups is 1. The molecule has 29 heavy (non-hydrogen) atoms. The van der Waals surface area contributed by atoms with Gasteiger partial charge in [-0.1, -0.05) is 6.07 Å². The molecule has 0 bridgehead atoms.